The van der Waals surface area contributed by atoms with Crippen LogP contribution in [0.3, 0.4) is 0 Å². The first-order chi connectivity index (χ1) is 12.0. The molecule has 130 valence electrons. The van der Waals surface area contributed by atoms with Crippen LogP contribution in [-0.2, 0) is 16.1 Å². The topological polar surface area (TPSA) is 84.5 Å². The van der Waals surface area contributed by atoms with E-state index in [1.807, 2.05) is 18.2 Å². The zero-order valence-electron chi connectivity index (χ0n) is 14.2. The molecule has 0 heterocycles. The summed E-state index contributed by atoms with van der Waals surface area (Å²) in [5.74, 6) is -0.261. The fourth-order valence-corrected chi connectivity index (χ4v) is 2.27. The molecule has 2 N–H and O–H groups in total. The average molecular weight is 340 g/mol. The van der Waals surface area contributed by atoms with Gasteiger partial charge in [-0.2, -0.15) is 0 Å². The second-order valence-electron chi connectivity index (χ2n) is 5.45. The van der Waals surface area contributed by atoms with E-state index < -0.39 is 11.8 Å². The van der Waals surface area contributed by atoms with Crippen molar-refractivity contribution in [2.75, 3.05) is 12.4 Å². The Hall–Kier alpha value is -3.15. The number of ether oxygens (including phenoxy) is 1. The maximum Gasteiger partial charge on any atom is 0.233 e. The normalized spacial score (nSPS) is 10.0. The standard InChI is InChI=1S/C19H20N2O4/c1-13(22)14-7-5-8-16(10-14)21-19(24)11-18(23)20-12-15-6-3-4-9-17(15)25-2/h3-10H,11-12H2,1-2H3,(H,20,23)(H,21,24). The number of rotatable bonds is 7. The molecule has 0 unspecified atom stereocenters. The van der Waals surface area contributed by atoms with Gasteiger partial charge in [-0.15, -0.1) is 0 Å². The van der Waals surface area contributed by atoms with E-state index in [0.29, 0.717) is 17.0 Å². The minimum atomic E-state index is -0.446. The predicted molar refractivity (Wildman–Crippen MR) is 94.5 cm³/mol. The number of para-hydroxylation sites is 1. The van der Waals surface area contributed by atoms with Crippen molar-refractivity contribution in [2.24, 2.45) is 0 Å². The third-order valence-corrected chi connectivity index (χ3v) is 3.54. The van der Waals surface area contributed by atoms with Crippen LogP contribution >= 0.6 is 0 Å². The Balaban J connectivity index is 1.87. The fraction of sp³-hybridized carbons (Fsp3) is 0.211. The summed E-state index contributed by atoms with van der Waals surface area (Å²) in [6.45, 7) is 1.72. The van der Waals surface area contributed by atoms with E-state index in [4.69, 9.17) is 4.74 Å². The highest BCUT2D eigenvalue weighted by Crippen LogP contribution is 2.16. The second-order valence-corrected chi connectivity index (χ2v) is 5.45. The number of methoxy groups -OCH3 is 1. The Kier molecular flexibility index (Phi) is 6.28. The van der Waals surface area contributed by atoms with Gasteiger partial charge in [-0.3, -0.25) is 14.4 Å². The maximum atomic E-state index is 12.0. The molecule has 0 spiro atoms. The average Bonchev–Trinajstić information content (AvgIpc) is 2.60. The molecular weight excluding hydrogens is 320 g/mol. The Morgan fingerprint density at radius 1 is 1.00 bits per heavy atom. The van der Waals surface area contributed by atoms with Gasteiger partial charge in [0.25, 0.3) is 0 Å². The van der Waals surface area contributed by atoms with Crippen molar-refractivity contribution in [2.45, 2.75) is 19.9 Å². The summed E-state index contributed by atoms with van der Waals surface area (Å²) in [7, 11) is 1.56. The molecule has 0 atom stereocenters. The molecule has 0 aliphatic carbocycles. The van der Waals surface area contributed by atoms with Crippen LogP contribution in [0.4, 0.5) is 5.69 Å². The van der Waals surface area contributed by atoms with E-state index in [1.165, 1.54) is 6.92 Å². The van der Waals surface area contributed by atoms with Gasteiger partial charge in [-0.25, -0.2) is 0 Å². The van der Waals surface area contributed by atoms with E-state index in [9.17, 15) is 14.4 Å². The summed E-state index contributed by atoms with van der Waals surface area (Å²) in [4.78, 5) is 35.2. The van der Waals surface area contributed by atoms with Crippen LogP contribution in [0.2, 0.25) is 0 Å². The third kappa shape index (κ3) is 5.46. The van der Waals surface area contributed by atoms with Crippen molar-refractivity contribution in [1.29, 1.82) is 0 Å². The van der Waals surface area contributed by atoms with Crippen LogP contribution in [0.5, 0.6) is 5.75 Å². The van der Waals surface area contributed by atoms with E-state index in [2.05, 4.69) is 10.6 Å². The number of hydrogen-bond acceptors (Lipinski definition) is 4. The van der Waals surface area contributed by atoms with Gasteiger partial charge in [0.05, 0.1) is 7.11 Å². The number of hydrogen-bond donors (Lipinski definition) is 2. The summed E-state index contributed by atoms with van der Waals surface area (Å²) in [5, 5.41) is 5.30. The number of Topliss-reactive ketones (excluding diaryl/α,β-unsaturated/α-hetero) is 1. The molecule has 0 saturated carbocycles. The van der Waals surface area contributed by atoms with Crippen LogP contribution in [-0.4, -0.2) is 24.7 Å². The molecule has 0 saturated heterocycles. The summed E-state index contributed by atoms with van der Waals surface area (Å²) in [6, 6.07) is 13.9. The number of amides is 2. The minimum absolute atomic E-state index is 0.0920. The lowest BCUT2D eigenvalue weighted by Gasteiger charge is -2.10. The van der Waals surface area contributed by atoms with Crippen LogP contribution in [0.1, 0.15) is 29.3 Å². The van der Waals surface area contributed by atoms with Crippen LogP contribution in [0.25, 0.3) is 0 Å². The number of carbonyl (C=O) groups is 3. The van der Waals surface area contributed by atoms with Gasteiger partial charge in [-0.1, -0.05) is 30.3 Å². The largest absolute Gasteiger partial charge is 0.496 e. The van der Waals surface area contributed by atoms with Gasteiger partial charge >= 0.3 is 0 Å². The molecule has 0 bridgehead atoms. The lowest BCUT2D eigenvalue weighted by Crippen LogP contribution is -2.27. The molecule has 2 rings (SSSR count). The van der Waals surface area contributed by atoms with E-state index >= 15 is 0 Å². The molecule has 0 aliphatic rings. The number of ketones is 1. The van der Waals surface area contributed by atoms with E-state index in [0.717, 1.165) is 5.56 Å². The number of benzene rings is 2. The molecule has 6 heteroatoms. The van der Waals surface area contributed by atoms with Crippen molar-refractivity contribution >= 4 is 23.3 Å². The molecule has 6 nitrogen and oxygen atoms in total. The van der Waals surface area contributed by atoms with Crippen molar-refractivity contribution in [1.82, 2.24) is 5.32 Å². The van der Waals surface area contributed by atoms with Gasteiger partial charge in [0.1, 0.15) is 12.2 Å². The molecule has 0 aliphatic heterocycles. The van der Waals surface area contributed by atoms with E-state index in [1.54, 1.807) is 37.4 Å². The number of nitrogens with one attached hydrogen (secondary N) is 2. The molecular formula is C19H20N2O4. The molecule has 0 radical (unpaired) electrons. The first-order valence-electron chi connectivity index (χ1n) is 7.79. The SMILES string of the molecule is COc1ccccc1CNC(=O)CC(=O)Nc1cccc(C(C)=O)c1. The zero-order valence-corrected chi connectivity index (χ0v) is 14.2. The lowest BCUT2D eigenvalue weighted by atomic mass is 10.1. The second kappa shape index (κ2) is 8.63. The van der Waals surface area contributed by atoms with Gasteiger partial charge in [0.2, 0.25) is 11.8 Å². The summed E-state index contributed by atoms with van der Waals surface area (Å²) >= 11 is 0. The minimum Gasteiger partial charge on any atom is -0.496 e. The van der Waals surface area contributed by atoms with Crippen LogP contribution in [0.15, 0.2) is 48.5 Å². The van der Waals surface area contributed by atoms with Crippen molar-refractivity contribution < 1.29 is 19.1 Å². The molecule has 2 aromatic carbocycles. The highest BCUT2D eigenvalue weighted by Gasteiger charge is 2.11. The fourth-order valence-electron chi connectivity index (χ4n) is 2.27. The summed E-state index contributed by atoms with van der Waals surface area (Å²) in [5.41, 5.74) is 1.81. The highest BCUT2D eigenvalue weighted by molar-refractivity contribution is 6.04. The molecule has 0 aromatic heterocycles. The van der Waals surface area contributed by atoms with Gasteiger partial charge < -0.3 is 15.4 Å². The van der Waals surface area contributed by atoms with Crippen molar-refractivity contribution in [3.05, 3.63) is 59.7 Å². The lowest BCUT2D eigenvalue weighted by molar-refractivity contribution is -0.126. The third-order valence-electron chi connectivity index (χ3n) is 3.54. The predicted octanol–water partition coefficient (Wildman–Crippen LogP) is 2.54. The highest BCUT2D eigenvalue weighted by atomic mass is 16.5. The monoisotopic (exact) mass is 340 g/mol. The summed E-state index contributed by atoms with van der Waals surface area (Å²) < 4.78 is 5.21. The van der Waals surface area contributed by atoms with Gasteiger partial charge in [0.15, 0.2) is 5.78 Å². The number of carbonyl (C=O) groups excluding carboxylic acids is 3. The van der Waals surface area contributed by atoms with Gasteiger partial charge in [-0.05, 0) is 25.1 Å². The molecule has 25 heavy (non-hydrogen) atoms. The Bertz CT molecular complexity index is 786. The van der Waals surface area contributed by atoms with Crippen LogP contribution < -0.4 is 15.4 Å². The molecule has 2 amide bonds. The summed E-state index contributed by atoms with van der Waals surface area (Å²) in [6.07, 6.45) is -0.306. The van der Waals surface area contributed by atoms with Crippen LogP contribution in [0, 0.1) is 0 Å². The van der Waals surface area contributed by atoms with Crippen molar-refractivity contribution in [3.8, 4) is 5.75 Å². The van der Waals surface area contributed by atoms with E-state index in [-0.39, 0.29) is 18.7 Å². The number of anilines is 1. The molecule has 0 fully saturated rings. The Labute approximate surface area is 146 Å². The Morgan fingerprint density at radius 2 is 1.76 bits per heavy atom. The van der Waals surface area contributed by atoms with Gasteiger partial charge in [0, 0.05) is 23.4 Å². The quantitative estimate of drug-likeness (QED) is 0.599. The first-order valence-corrected chi connectivity index (χ1v) is 7.79. The first kappa shape index (κ1) is 18.2. The molecule has 2 aromatic rings. The Morgan fingerprint density at radius 3 is 2.48 bits per heavy atom. The smallest absolute Gasteiger partial charge is 0.233 e. The van der Waals surface area contributed by atoms with Crippen molar-refractivity contribution in [3.63, 3.8) is 0 Å². The zero-order chi connectivity index (χ0) is 18.2. The maximum absolute atomic E-state index is 12.0.